The van der Waals surface area contributed by atoms with Gasteiger partial charge in [0, 0.05) is 20.1 Å². The van der Waals surface area contributed by atoms with E-state index in [1.165, 1.54) is 0 Å². The van der Waals surface area contributed by atoms with Crippen LogP contribution in [0.3, 0.4) is 0 Å². The van der Waals surface area contributed by atoms with Gasteiger partial charge in [0.1, 0.15) is 6.04 Å². The summed E-state index contributed by atoms with van der Waals surface area (Å²) in [6, 6.07) is -0.109. The minimum atomic E-state index is -0.109. The molecule has 1 atom stereocenters. The van der Waals surface area contributed by atoms with E-state index in [2.05, 4.69) is 16.0 Å². The minimum Gasteiger partial charge on any atom is -0.358 e. The van der Waals surface area contributed by atoms with Gasteiger partial charge < -0.3 is 10.6 Å². The molecule has 0 bridgehead atoms. The molecule has 0 aliphatic carbocycles. The summed E-state index contributed by atoms with van der Waals surface area (Å²) < 4.78 is 0. The Morgan fingerprint density at radius 1 is 1.73 bits per heavy atom. The first-order chi connectivity index (χ1) is 5.34. The number of amides is 1. The predicted octanol–water partition coefficient (Wildman–Crippen LogP) is -1.30. The largest absolute Gasteiger partial charge is 0.358 e. The molecule has 1 aliphatic rings. The van der Waals surface area contributed by atoms with Gasteiger partial charge in [0.05, 0.1) is 0 Å². The first-order valence-electron chi connectivity index (χ1n) is 3.93. The van der Waals surface area contributed by atoms with E-state index < -0.39 is 0 Å². The van der Waals surface area contributed by atoms with Crippen molar-refractivity contribution in [2.24, 2.45) is 0 Å². The van der Waals surface area contributed by atoms with Gasteiger partial charge in [-0.2, -0.15) is 0 Å². The fourth-order valence-corrected chi connectivity index (χ4v) is 1.10. The van der Waals surface area contributed by atoms with Crippen LogP contribution < -0.4 is 16.0 Å². The topological polar surface area (TPSA) is 55.2 Å². The molecule has 1 saturated heterocycles. The summed E-state index contributed by atoms with van der Waals surface area (Å²) in [6.07, 6.45) is 1.04. The maximum absolute atomic E-state index is 11.1. The molecule has 1 aliphatic heterocycles. The molecule has 1 amide bonds. The van der Waals surface area contributed by atoms with Crippen LogP contribution in [0.15, 0.2) is 0 Å². The van der Waals surface area contributed by atoms with Crippen molar-refractivity contribution in [1.82, 2.24) is 16.0 Å². The van der Waals surface area contributed by atoms with Crippen molar-refractivity contribution < 1.29 is 4.79 Å². The van der Waals surface area contributed by atoms with Crippen molar-refractivity contribution >= 4 is 5.91 Å². The monoisotopic (exact) mass is 156 g/mol. The van der Waals surface area contributed by atoms with Crippen LogP contribution in [-0.2, 0) is 4.79 Å². The van der Waals surface area contributed by atoms with Gasteiger partial charge in [0.2, 0.25) is 5.91 Å². The van der Waals surface area contributed by atoms with E-state index in [0.717, 1.165) is 19.5 Å². The number of nitrogens with zero attached hydrogens (tertiary/aromatic N) is 1. The van der Waals surface area contributed by atoms with Crippen molar-refractivity contribution in [2.75, 3.05) is 26.7 Å². The van der Waals surface area contributed by atoms with E-state index in [-0.39, 0.29) is 11.9 Å². The Bertz CT molecular complexity index is 130. The van der Waals surface area contributed by atoms with E-state index in [4.69, 9.17) is 0 Å². The highest BCUT2D eigenvalue weighted by Gasteiger charge is 2.17. The zero-order chi connectivity index (χ0) is 8.10. The van der Waals surface area contributed by atoms with Crippen molar-refractivity contribution in [3.8, 4) is 0 Å². The molecule has 11 heavy (non-hydrogen) atoms. The third-order valence-electron chi connectivity index (χ3n) is 1.76. The number of carbonyl (C=O) groups excluding carboxylic acids is 1. The van der Waals surface area contributed by atoms with Crippen molar-refractivity contribution in [3.63, 3.8) is 0 Å². The quantitative estimate of drug-likeness (QED) is 0.496. The van der Waals surface area contributed by atoms with Gasteiger partial charge in [0.25, 0.3) is 0 Å². The summed E-state index contributed by atoms with van der Waals surface area (Å²) >= 11 is 0. The Hall–Kier alpha value is -0.610. The lowest BCUT2D eigenvalue weighted by atomic mass is 10.3. The van der Waals surface area contributed by atoms with Gasteiger partial charge in [-0.1, -0.05) is 0 Å². The molecule has 1 unspecified atom stereocenters. The zero-order valence-electron chi connectivity index (χ0n) is 6.76. The normalized spacial score (nSPS) is 25.7. The van der Waals surface area contributed by atoms with Crippen LogP contribution in [0.25, 0.3) is 0 Å². The average Bonchev–Trinajstić information content (AvgIpc) is 2.30. The summed E-state index contributed by atoms with van der Waals surface area (Å²) in [5, 5.41) is 9.93. The van der Waals surface area contributed by atoms with Crippen LogP contribution in [0.4, 0.5) is 0 Å². The van der Waals surface area contributed by atoms with Crippen molar-refractivity contribution in [1.29, 1.82) is 0 Å². The van der Waals surface area contributed by atoms with Gasteiger partial charge >= 0.3 is 0 Å². The van der Waals surface area contributed by atoms with Crippen LogP contribution in [-0.4, -0.2) is 38.6 Å². The number of carbonyl (C=O) groups is 1. The Labute approximate surface area is 66.7 Å². The molecule has 1 heterocycles. The van der Waals surface area contributed by atoms with E-state index in [1.54, 1.807) is 7.05 Å². The Morgan fingerprint density at radius 3 is 3.27 bits per heavy atom. The molecule has 0 saturated carbocycles. The minimum absolute atomic E-state index is 0.0376. The standard InChI is InChI=1S/C7H14N3O/c1-8-7(11)6-5-9-3-2-4-10-6/h6,10H,2-5H2,1H3,(H,8,11). The van der Waals surface area contributed by atoms with Crippen LogP contribution in [0.2, 0.25) is 0 Å². The van der Waals surface area contributed by atoms with Crippen LogP contribution >= 0.6 is 0 Å². The van der Waals surface area contributed by atoms with Crippen molar-refractivity contribution in [2.45, 2.75) is 12.5 Å². The molecule has 1 rings (SSSR count). The van der Waals surface area contributed by atoms with Gasteiger partial charge in [0.15, 0.2) is 0 Å². The fraction of sp³-hybridized carbons (Fsp3) is 0.857. The number of likely N-dealkylation sites (N-methyl/N-ethyl adjacent to an activating group) is 1. The van der Waals surface area contributed by atoms with Gasteiger partial charge in [-0.25, -0.2) is 5.32 Å². The van der Waals surface area contributed by atoms with E-state index in [9.17, 15) is 4.79 Å². The second-order valence-electron chi connectivity index (χ2n) is 2.60. The fourth-order valence-electron chi connectivity index (χ4n) is 1.10. The maximum atomic E-state index is 11.1. The molecule has 2 N–H and O–H groups in total. The van der Waals surface area contributed by atoms with Crippen LogP contribution in [0.1, 0.15) is 6.42 Å². The lowest BCUT2D eigenvalue weighted by molar-refractivity contribution is -0.122. The number of hydrogen-bond donors (Lipinski definition) is 2. The first-order valence-corrected chi connectivity index (χ1v) is 3.93. The van der Waals surface area contributed by atoms with Crippen LogP contribution in [0.5, 0.6) is 0 Å². The maximum Gasteiger partial charge on any atom is 0.238 e. The lowest BCUT2D eigenvalue weighted by Gasteiger charge is -2.12. The third-order valence-corrected chi connectivity index (χ3v) is 1.76. The summed E-state index contributed by atoms with van der Waals surface area (Å²) in [4.78, 5) is 11.1. The van der Waals surface area contributed by atoms with Crippen molar-refractivity contribution in [3.05, 3.63) is 0 Å². The highest BCUT2D eigenvalue weighted by molar-refractivity contribution is 5.81. The lowest BCUT2D eigenvalue weighted by Crippen LogP contribution is -2.45. The van der Waals surface area contributed by atoms with Gasteiger partial charge in [-0.05, 0) is 13.0 Å². The molecular formula is C7H14N3O. The molecule has 0 aromatic carbocycles. The highest BCUT2D eigenvalue weighted by atomic mass is 16.2. The Morgan fingerprint density at radius 2 is 2.55 bits per heavy atom. The van der Waals surface area contributed by atoms with Gasteiger partial charge in [-0.3, -0.25) is 4.79 Å². The molecule has 4 nitrogen and oxygen atoms in total. The number of hydrogen-bond acceptors (Lipinski definition) is 2. The second kappa shape index (κ2) is 4.31. The molecule has 0 aromatic rings. The molecular weight excluding hydrogens is 142 g/mol. The number of rotatable bonds is 1. The Kier molecular flexibility index (Phi) is 3.32. The average molecular weight is 156 g/mol. The number of nitrogens with one attached hydrogen (secondary N) is 2. The van der Waals surface area contributed by atoms with E-state index in [0.29, 0.717) is 6.54 Å². The highest BCUT2D eigenvalue weighted by Crippen LogP contribution is 1.89. The van der Waals surface area contributed by atoms with Crippen LogP contribution in [0, 0.1) is 0 Å². The Balaban J connectivity index is 2.36. The molecule has 1 radical (unpaired) electrons. The summed E-state index contributed by atoms with van der Waals surface area (Å²) in [5.74, 6) is 0.0376. The second-order valence-corrected chi connectivity index (χ2v) is 2.60. The smallest absolute Gasteiger partial charge is 0.238 e. The van der Waals surface area contributed by atoms with E-state index in [1.807, 2.05) is 0 Å². The van der Waals surface area contributed by atoms with E-state index >= 15 is 0 Å². The molecule has 0 aromatic heterocycles. The SMILES string of the molecule is CNC(=O)C1C[N]CCCN1. The summed E-state index contributed by atoms with van der Waals surface area (Å²) in [6.45, 7) is 2.38. The predicted molar refractivity (Wildman–Crippen MR) is 42.3 cm³/mol. The molecule has 63 valence electrons. The molecule has 0 spiro atoms. The third kappa shape index (κ3) is 2.48. The van der Waals surface area contributed by atoms with Gasteiger partial charge in [-0.15, -0.1) is 0 Å². The zero-order valence-corrected chi connectivity index (χ0v) is 6.76. The molecule has 4 heteroatoms. The summed E-state index contributed by atoms with van der Waals surface area (Å²) in [5.41, 5.74) is 0. The first kappa shape index (κ1) is 8.49. The molecule has 1 fully saturated rings. The summed E-state index contributed by atoms with van der Waals surface area (Å²) in [7, 11) is 1.65.